The number of anilines is 3. The molecule has 1 aromatic heterocycles. The number of hydrogen-bond donors (Lipinski definition) is 0. The second-order valence-corrected chi connectivity index (χ2v) is 15.0. The van der Waals surface area contributed by atoms with Crippen molar-refractivity contribution < 1.29 is 9.60 Å². The molecule has 9 aromatic carbocycles. The molecular weight excluding hydrogens is 683 g/mol. The average molecular weight is 725 g/mol. The molecule has 1 nitrogen and oxygen atoms in total. The SMILES string of the molecule is [2H]c1c([2H])c([2H])c2c(C3(c4cccc5sc6ccccc6c45)c4ccccc4-c4cc(N(c5ccccc5)c5ccc(-c6ccccc6)cc5)ccc43)c([2H])c([2H])c([2H])c2c1[2H]. The highest BCUT2D eigenvalue weighted by atomic mass is 32.1. The maximum absolute atomic E-state index is 9.91. The van der Waals surface area contributed by atoms with Crippen molar-refractivity contribution in [3.05, 3.63) is 234 Å². The van der Waals surface area contributed by atoms with Crippen LogP contribution in [0.1, 0.15) is 31.8 Å². The van der Waals surface area contributed by atoms with Gasteiger partial charge in [-0.05, 0) is 104 Å². The lowest BCUT2D eigenvalue weighted by atomic mass is 9.65. The molecule has 0 bridgehead atoms. The van der Waals surface area contributed by atoms with Gasteiger partial charge >= 0.3 is 0 Å². The van der Waals surface area contributed by atoms with Crippen LogP contribution in [0.15, 0.2) is 212 Å². The van der Waals surface area contributed by atoms with Crippen LogP contribution in [0.25, 0.3) is 53.2 Å². The molecule has 1 heterocycles. The summed E-state index contributed by atoms with van der Waals surface area (Å²) < 4.78 is 66.7. The highest BCUT2D eigenvalue weighted by molar-refractivity contribution is 7.25. The summed E-state index contributed by atoms with van der Waals surface area (Å²) in [6.07, 6.45) is 0. The van der Waals surface area contributed by atoms with Crippen LogP contribution in [-0.4, -0.2) is 0 Å². The van der Waals surface area contributed by atoms with Gasteiger partial charge in [0.2, 0.25) is 0 Å². The fraction of sp³-hybridized carbons (Fsp3) is 0.0189. The fourth-order valence-corrected chi connectivity index (χ4v) is 9.88. The molecule has 10 aromatic rings. The van der Waals surface area contributed by atoms with Crippen molar-refractivity contribution in [3.8, 4) is 22.3 Å². The quantitative estimate of drug-likeness (QED) is 0.165. The van der Waals surface area contributed by atoms with Gasteiger partial charge in [0.25, 0.3) is 0 Å². The molecule has 0 saturated carbocycles. The van der Waals surface area contributed by atoms with E-state index < -0.39 is 35.6 Å². The van der Waals surface area contributed by atoms with Crippen molar-refractivity contribution in [1.29, 1.82) is 0 Å². The van der Waals surface area contributed by atoms with Crippen molar-refractivity contribution in [3.63, 3.8) is 0 Å². The Balaban J connectivity index is 1.27. The molecule has 0 saturated heterocycles. The van der Waals surface area contributed by atoms with Gasteiger partial charge in [-0.2, -0.15) is 0 Å². The van der Waals surface area contributed by atoms with Crippen LogP contribution in [0, 0.1) is 0 Å². The highest BCUT2D eigenvalue weighted by Gasteiger charge is 2.48. The van der Waals surface area contributed by atoms with Gasteiger partial charge in [-0.3, -0.25) is 0 Å². The minimum atomic E-state index is -1.36. The first-order valence-electron chi connectivity index (χ1n) is 21.9. The van der Waals surface area contributed by atoms with Crippen LogP contribution >= 0.6 is 11.3 Å². The molecule has 0 N–H and O–H groups in total. The van der Waals surface area contributed by atoms with E-state index in [1.54, 1.807) is 11.3 Å². The smallest absolute Gasteiger partial charge is 0.0726 e. The van der Waals surface area contributed by atoms with Crippen LogP contribution in [0.5, 0.6) is 0 Å². The molecule has 258 valence electrons. The summed E-state index contributed by atoms with van der Waals surface area (Å²) in [4.78, 5) is 2.23. The topological polar surface area (TPSA) is 3.24 Å². The van der Waals surface area contributed by atoms with Gasteiger partial charge in [-0.25, -0.2) is 0 Å². The number of thiophene rings is 1. The summed E-state index contributed by atoms with van der Waals surface area (Å²) in [5.41, 5.74) is 8.24. The van der Waals surface area contributed by atoms with E-state index in [0.29, 0.717) is 0 Å². The highest BCUT2D eigenvalue weighted by Crippen LogP contribution is 2.60. The number of para-hydroxylation sites is 1. The predicted octanol–water partition coefficient (Wildman–Crippen LogP) is 14.7. The first kappa shape index (κ1) is 25.3. The molecule has 0 fully saturated rings. The zero-order valence-electron chi connectivity index (χ0n) is 36.5. The standard InChI is InChI=1S/C53H35NS/c1-3-15-36(16-4-1)37-29-31-40(32-30-37)54(39-19-5-2-6-20-39)41-33-34-48-45(35-41)43-22-9-11-24-47(43)53(48,46-25-13-18-38-17-7-8-21-42(38)46)49-26-14-28-51-52(49)44-23-10-12-27-50(44)55-51/h1-35H/i7D,8D,13D,17D,18D,21D,25D. The van der Waals surface area contributed by atoms with E-state index in [1.807, 2.05) is 66.7 Å². The van der Waals surface area contributed by atoms with Crippen molar-refractivity contribution in [2.45, 2.75) is 5.41 Å². The van der Waals surface area contributed by atoms with Gasteiger partial charge in [0, 0.05) is 37.2 Å². The third-order valence-corrected chi connectivity index (χ3v) is 12.2. The van der Waals surface area contributed by atoms with Crippen LogP contribution in [0.2, 0.25) is 0 Å². The van der Waals surface area contributed by atoms with E-state index in [0.717, 1.165) is 76.2 Å². The van der Waals surface area contributed by atoms with Crippen LogP contribution in [0.3, 0.4) is 0 Å². The van der Waals surface area contributed by atoms with E-state index >= 15 is 0 Å². The Bertz CT molecular complexity index is 3430. The summed E-state index contributed by atoms with van der Waals surface area (Å²) in [7, 11) is 0. The van der Waals surface area contributed by atoms with E-state index in [9.17, 15) is 4.11 Å². The molecule has 1 aliphatic carbocycles. The van der Waals surface area contributed by atoms with Crippen LogP contribution in [-0.2, 0) is 5.41 Å². The Morgan fingerprint density at radius 2 is 1.05 bits per heavy atom. The van der Waals surface area contributed by atoms with Crippen molar-refractivity contribution in [2.75, 3.05) is 4.90 Å². The summed E-state index contributed by atoms with van der Waals surface area (Å²) in [5.74, 6) is 0. The lowest BCUT2D eigenvalue weighted by molar-refractivity contribution is 0.785. The Morgan fingerprint density at radius 3 is 1.93 bits per heavy atom. The van der Waals surface area contributed by atoms with Gasteiger partial charge in [-0.1, -0.05) is 164 Å². The Morgan fingerprint density at radius 1 is 0.418 bits per heavy atom. The molecule has 2 heteroatoms. The number of hydrogen-bond acceptors (Lipinski definition) is 2. The molecule has 0 amide bonds. The number of rotatable bonds is 6. The second kappa shape index (κ2) is 12.7. The predicted molar refractivity (Wildman–Crippen MR) is 234 cm³/mol. The van der Waals surface area contributed by atoms with Gasteiger partial charge in [0.1, 0.15) is 0 Å². The zero-order chi connectivity index (χ0) is 42.4. The second-order valence-electron chi connectivity index (χ2n) is 13.9. The lowest BCUT2D eigenvalue weighted by Crippen LogP contribution is -2.29. The van der Waals surface area contributed by atoms with Gasteiger partial charge < -0.3 is 4.90 Å². The monoisotopic (exact) mass is 724 g/mol. The van der Waals surface area contributed by atoms with E-state index in [2.05, 4.69) is 108 Å². The van der Waals surface area contributed by atoms with E-state index in [4.69, 9.17) is 5.48 Å². The Kier molecular flexibility index (Phi) is 5.84. The molecule has 0 spiro atoms. The molecule has 1 aliphatic rings. The minimum absolute atomic E-state index is 0.0644. The lowest BCUT2D eigenvalue weighted by Gasteiger charge is -2.36. The summed E-state index contributed by atoms with van der Waals surface area (Å²) in [5, 5.41) is 2.01. The number of benzene rings is 9. The first-order valence-corrected chi connectivity index (χ1v) is 19.2. The Hall–Kier alpha value is -6.74. The summed E-state index contributed by atoms with van der Waals surface area (Å²) in [6, 6.07) is 55.3. The molecule has 1 unspecified atom stereocenters. The fourth-order valence-electron chi connectivity index (χ4n) is 8.74. The van der Waals surface area contributed by atoms with Gasteiger partial charge in [0.15, 0.2) is 0 Å². The third kappa shape index (κ3) is 4.85. The minimum Gasteiger partial charge on any atom is -0.310 e. The van der Waals surface area contributed by atoms with Crippen molar-refractivity contribution in [2.24, 2.45) is 0 Å². The van der Waals surface area contributed by atoms with Crippen molar-refractivity contribution >= 4 is 59.3 Å². The molecule has 0 radical (unpaired) electrons. The van der Waals surface area contributed by atoms with Crippen molar-refractivity contribution in [1.82, 2.24) is 0 Å². The first-order chi connectivity index (χ1) is 30.2. The van der Waals surface area contributed by atoms with Crippen LogP contribution in [0.4, 0.5) is 17.1 Å². The van der Waals surface area contributed by atoms with Gasteiger partial charge in [0.05, 0.1) is 15.0 Å². The molecule has 1 atom stereocenters. The van der Waals surface area contributed by atoms with E-state index in [1.165, 1.54) is 0 Å². The normalized spacial score (nSPS) is 16.4. The average Bonchev–Trinajstić information content (AvgIpc) is 3.84. The van der Waals surface area contributed by atoms with E-state index in [-0.39, 0.29) is 28.4 Å². The maximum Gasteiger partial charge on any atom is 0.0726 e. The zero-order valence-corrected chi connectivity index (χ0v) is 30.3. The Labute approximate surface area is 334 Å². The largest absolute Gasteiger partial charge is 0.310 e. The summed E-state index contributed by atoms with van der Waals surface area (Å²) in [6.45, 7) is 0. The molecule has 0 aliphatic heterocycles. The molecule has 11 rings (SSSR count). The maximum atomic E-state index is 9.91. The number of fused-ring (bicyclic) bond motifs is 7. The third-order valence-electron chi connectivity index (χ3n) is 11.0. The number of nitrogens with zero attached hydrogens (tertiary/aromatic N) is 1. The summed E-state index contributed by atoms with van der Waals surface area (Å²) >= 11 is 1.67. The van der Waals surface area contributed by atoms with Gasteiger partial charge in [-0.15, -0.1) is 11.3 Å². The molecular formula is C53H35NS. The molecule has 55 heavy (non-hydrogen) atoms. The van der Waals surface area contributed by atoms with Crippen LogP contribution < -0.4 is 4.90 Å².